The zero-order valence-electron chi connectivity index (χ0n) is 8.10. The number of aromatic nitrogens is 2. The Balaban J connectivity index is 2.00. The molecule has 1 fully saturated rings. The Bertz CT molecular complexity index is 300. The average molecular weight is 210 g/mol. The maximum Gasteiger partial charge on any atom is 0.149 e. The first-order valence-electron chi connectivity index (χ1n) is 4.73. The molecule has 1 saturated heterocycles. The summed E-state index contributed by atoms with van der Waals surface area (Å²) < 4.78 is 0. The van der Waals surface area contributed by atoms with Crippen LogP contribution in [0.25, 0.3) is 0 Å². The first-order chi connectivity index (χ1) is 6.75. The minimum atomic E-state index is 0.462. The van der Waals surface area contributed by atoms with E-state index in [1.54, 1.807) is 6.07 Å². The average Bonchev–Trinajstić information content (AvgIpc) is 2.56. The number of nitrogen functional groups attached to an aromatic ring is 1. The molecule has 5 heteroatoms. The van der Waals surface area contributed by atoms with Crippen LogP contribution in [0.1, 0.15) is 13.3 Å². The fourth-order valence-corrected chi connectivity index (χ4v) is 2.73. The van der Waals surface area contributed by atoms with Crippen LogP contribution in [-0.4, -0.2) is 27.2 Å². The van der Waals surface area contributed by atoms with Crippen molar-refractivity contribution in [2.45, 2.75) is 24.6 Å². The molecule has 3 N–H and O–H groups in total. The normalized spacial score (nSPS) is 26.4. The number of thioether (sulfide) groups is 1. The van der Waals surface area contributed by atoms with Gasteiger partial charge in [-0.2, -0.15) is 11.8 Å². The van der Waals surface area contributed by atoms with E-state index >= 15 is 0 Å². The summed E-state index contributed by atoms with van der Waals surface area (Å²) in [6.07, 6.45) is 1.19. The summed E-state index contributed by atoms with van der Waals surface area (Å²) in [4.78, 5) is 0. The van der Waals surface area contributed by atoms with E-state index in [2.05, 4.69) is 22.4 Å². The second-order valence-electron chi connectivity index (χ2n) is 3.46. The summed E-state index contributed by atoms with van der Waals surface area (Å²) in [6.45, 7) is 2.24. The lowest BCUT2D eigenvalue weighted by Gasteiger charge is -2.16. The van der Waals surface area contributed by atoms with E-state index in [1.807, 2.05) is 17.8 Å². The van der Waals surface area contributed by atoms with Gasteiger partial charge in [-0.05, 0) is 24.3 Å². The van der Waals surface area contributed by atoms with E-state index in [0.29, 0.717) is 17.1 Å². The van der Waals surface area contributed by atoms with Gasteiger partial charge in [-0.3, -0.25) is 0 Å². The van der Waals surface area contributed by atoms with Crippen LogP contribution in [0.3, 0.4) is 0 Å². The monoisotopic (exact) mass is 210 g/mol. The van der Waals surface area contributed by atoms with Gasteiger partial charge in [0.25, 0.3) is 0 Å². The minimum Gasteiger partial charge on any atom is -0.382 e. The molecule has 0 aromatic carbocycles. The van der Waals surface area contributed by atoms with E-state index in [4.69, 9.17) is 5.73 Å². The molecule has 0 spiro atoms. The molecule has 2 unspecified atom stereocenters. The predicted octanol–water partition coefficient (Wildman–Crippen LogP) is 1.36. The molecule has 4 nitrogen and oxygen atoms in total. The molecular weight excluding hydrogens is 196 g/mol. The van der Waals surface area contributed by atoms with Gasteiger partial charge in [0.05, 0.1) is 0 Å². The third-order valence-electron chi connectivity index (χ3n) is 2.39. The summed E-state index contributed by atoms with van der Waals surface area (Å²) in [5, 5.41) is 11.8. The quantitative estimate of drug-likeness (QED) is 0.771. The number of rotatable bonds is 2. The fraction of sp³-hybridized carbons (Fsp3) is 0.556. The molecular formula is C9H14N4S. The minimum absolute atomic E-state index is 0.462. The van der Waals surface area contributed by atoms with Gasteiger partial charge in [-0.1, -0.05) is 6.92 Å². The Kier molecular flexibility index (Phi) is 2.77. The number of anilines is 2. The third-order valence-corrected chi connectivity index (χ3v) is 3.72. The van der Waals surface area contributed by atoms with Crippen LogP contribution in [0.15, 0.2) is 12.1 Å². The van der Waals surface area contributed by atoms with Gasteiger partial charge < -0.3 is 11.1 Å². The number of nitrogens with two attached hydrogens (primary N) is 1. The van der Waals surface area contributed by atoms with Crippen molar-refractivity contribution >= 4 is 23.4 Å². The molecule has 2 atom stereocenters. The Morgan fingerprint density at radius 2 is 2.36 bits per heavy atom. The molecule has 2 heterocycles. The lowest BCUT2D eigenvalue weighted by Crippen LogP contribution is -2.25. The van der Waals surface area contributed by atoms with Crippen LogP contribution in [0.5, 0.6) is 0 Å². The topological polar surface area (TPSA) is 63.8 Å². The van der Waals surface area contributed by atoms with Gasteiger partial charge in [0.1, 0.15) is 11.6 Å². The van der Waals surface area contributed by atoms with E-state index in [1.165, 1.54) is 12.2 Å². The van der Waals surface area contributed by atoms with E-state index in [9.17, 15) is 0 Å². The predicted molar refractivity (Wildman–Crippen MR) is 60.4 cm³/mol. The van der Waals surface area contributed by atoms with Crippen LogP contribution in [0.2, 0.25) is 0 Å². The van der Waals surface area contributed by atoms with Crippen molar-refractivity contribution in [3.8, 4) is 0 Å². The standard InChI is InChI=1S/C9H14N4S/c1-6-7(4-5-14-6)11-9-3-2-8(10)12-13-9/h2-3,6-7H,4-5H2,1H3,(H2,10,12)(H,11,13). The van der Waals surface area contributed by atoms with Gasteiger partial charge in [0, 0.05) is 11.3 Å². The van der Waals surface area contributed by atoms with Crippen molar-refractivity contribution in [1.82, 2.24) is 10.2 Å². The van der Waals surface area contributed by atoms with Crippen molar-refractivity contribution in [3.05, 3.63) is 12.1 Å². The highest BCUT2D eigenvalue weighted by molar-refractivity contribution is 8.00. The van der Waals surface area contributed by atoms with Crippen molar-refractivity contribution in [1.29, 1.82) is 0 Å². The highest BCUT2D eigenvalue weighted by Crippen LogP contribution is 2.28. The summed E-state index contributed by atoms with van der Waals surface area (Å²) >= 11 is 1.99. The molecule has 2 rings (SSSR count). The maximum atomic E-state index is 5.46. The Morgan fingerprint density at radius 1 is 1.50 bits per heavy atom. The van der Waals surface area contributed by atoms with Crippen molar-refractivity contribution in [2.24, 2.45) is 0 Å². The van der Waals surface area contributed by atoms with E-state index in [-0.39, 0.29) is 0 Å². The van der Waals surface area contributed by atoms with Gasteiger partial charge >= 0.3 is 0 Å². The summed E-state index contributed by atoms with van der Waals surface area (Å²) in [7, 11) is 0. The highest BCUT2D eigenvalue weighted by Gasteiger charge is 2.23. The zero-order valence-corrected chi connectivity index (χ0v) is 8.92. The van der Waals surface area contributed by atoms with Crippen LogP contribution < -0.4 is 11.1 Å². The van der Waals surface area contributed by atoms with E-state index < -0.39 is 0 Å². The van der Waals surface area contributed by atoms with E-state index in [0.717, 1.165) is 5.82 Å². The largest absolute Gasteiger partial charge is 0.382 e. The number of nitrogens with one attached hydrogen (secondary N) is 1. The molecule has 14 heavy (non-hydrogen) atoms. The first kappa shape index (κ1) is 9.58. The Hall–Kier alpha value is -0.970. The van der Waals surface area contributed by atoms with Crippen molar-refractivity contribution in [2.75, 3.05) is 16.8 Å². The lowest BCUT2D eigenvalue weighted by atomic mass is 10.2. The van der Waals surface area contributed by atoms with Crippen LogP contribution in [0.4, 0.5) is 11.6 Å². The molecule has 0 saturated carbocycles. The van der Waals surface area contributed by atoms with Crippen LogP contribution >= 0.6 is 11.8 Å². The van der Waals surface area contributed by atoms with Gasteiger partial charge in [0.15, 0.2) is 0 Å². The zero-order chi connectivity index (χ0) is 9.97. The first-order valence-corrected chi connectivity index (χ1v) is 5.78. The van der Waals surface area contributed by atoms with Crippen molar-refractivity contribution < 1.29 is 0 Å². The molecule has 1 aromatic heterocycles. The van der Waals surface area contributed by atoms with Crippen LogP contribution in [0, 0.1) is 0 Å². The second-order valence-corrected chi connectivity index (χ2v) is 4.94. The molecule has 0 radical (unpaired) electrons. The number of hydrogen-bond donors (Lipinski definition) is 2. The molecule has 0 amide bonds. The Labute approximate surface area is 87.7 Å². The molecule has 1 aromatic rings. The van der Waals surface area contributed by atoms with Gasteiger partial charge in [0.2, 0.25) is 0 Å². The van der Waals surface area contributed by atoms with Gasteiger partial charge in [-0.25, -0.2) is 0 Å². The summed E-state index contributed by atoms with van der Waals surface area (Å²) in [6, 6.07) is 4.15. The SMILES string of the molecule is CC1SCCC1Nc1ccc(N)nn1. The summed E-state index contributed by atoms with van der Waals surface area (Å²) in [5.41, 5.74) is 5.46. The molecule has 0 bridgehead atoms. The van der Waals surface area contributed by atoms with Gasteiger partial charge in [-0.15, -0.1) is 10.2 Å². The molecule has 1 aliphatic rings. The number of hydrogen-bond acceptors (Lipinski definition) is 5. The molecule has 76 valence electrons. The van der Waals surface area contributed by atoms with Crippen LogP contribution in [-0.2, 0) is 0 Å². The highest BCUT2D eigenvalue weighted by atomic mass is 32.2. The molecule has 1 aliphatic heterocycles. The van der Waals surface area contributed by atoms with Crippen molar-refractivity contribution in [3.63, 3.8) is 0 Å². The Morgan fingerprint density at radius 3 is 2.93 bits per heavy atom. The fourth-order valence-electron chi connectivity index (χ4n) is 1.53. The smallest absolute Gasteiger partial charge is 0.149 e. The molecule has 0 aliphatic carbocycles. The lowest BCUT2D eigenvalue weighted by molar-refractivity contribution is 0.717. The number of nitrogens with zero attached hydrogens (tertiary/aromatic N) is 2. The third kappa shape index (κ3) is 2.09. The maximum absolute atomic E-state index is 5.46. The second kappa shape index (κ2) is 4.04. The summed E-state index contributed by atoms with van der Waals surface area (Å²) in [5.74, 6) is 2.50.